The maximum absolute atomic E-state index is 11.5. The fourth-order valence-electron chi connectivity index (χ4n) is 3.63. The molecule has 0 aliphatic carbocycles. The van der Waals surface area contributed by atoms with E-state index in [4.69, 9.17) is 14.2 Å². The van der Waals surface area contributed by atoms with Crippen LogP contribution in [-0.4, -0.2) is 24.7 Å². The van der Waals surface area contributed by atoms with Crippen molar-refractivity contribution in [2.45, 2.75) is 72.1 Å². The summed E-state index contributed by atoms with van der Waals surface area (Å²) in [5.74, 6) is 0.627. The number of aryl methyl sites for hydroxylation is 1. The Morgan fingerprint density at radius 1 is 1.03 bits per heavy atom. The minimum atomic E-state index is -0.781. The summed E-state index contributed by atoms with van der Waals surface area (Å²) >= 11 is 0. The van der Waals surface area contributed by atoms with Gasteiger partial charge in [-0.1, -0.05) is 76.3 Å². The number of rotatable bonds is 11. The average Bonchev–Trinajstić information content (AvgIpc) is 2.71. The zero-order chi connectivity index (χ0) is 22.9. The van der Waals surface area contributed by atoms with Crippen molar-refractivity contribution in [3.05, 3.63) is 47.5 Å². The first-order valence-electron chi connectivity index (χ1n) is 11.1. The number of phenolic OH excluding ortho intramolecular Hbond substituents is 1. The number of ether oxygens (including phenoxy) is 3. The SMILES string of the molecule is CCCCCCC(C)(C)c1cc(O)c(-c2cccc(C)c2)c(OCOC(=O)OCC)c1. The van der Waals surface area contributed by atoms with Crippen LogP contribution in [0.2, 0.25) is 0 Å². The van der Waals surface area contributed by atoms with E-state index >= 15 is 0 Å². The summed E-state index contributed by atoms with van der Waals surface area (Å²) in [6.07, 6.45) is 4.98. The van der Waals surface area contributed by atoms with Crippen molar-refractivity contribution < 1.29 is 24.1 Å². The molecule has 1 N–H and O–H groups in total. The third-order valence-corrected chi connectivity index (χ3v) is 5.48. The molecule has 0 fully saturated rings. The predicted octanol–water partition coefficient (Wildman–Crippen LogP) is 7.13. The van der Waals surface area contributed by atoms with Crippen molar-refractivity contribution in [3.63, 3.8) is 0 Å². The van der Waals surface area contributed by atoms with Gasteiger partial charge in [-0.2, -0.15) is 0 Å². The third kappa shape index (κ3) is 7.20. The Hall–Kier alpha value is -2.69. The van der Waals surface area contributed by atoms with Crippen LogP contribution in [0, 0.1) is 6.92 Å². The molecule has 0 aliphatic heterocycles. The largest absolute Gasteiger partial charge is 0.511 e. The van der Waals surface area contributed by atoms with Crippen molar-refractivity contribution in [2.24, 2.45) is 0 Å². The van der Waals surface area contributed by atoms with E-state index in [0.717, 1.165) is 29.5 Å². The molecule has 2 rings (SSSR count). The average molecular weight is 429 g/mol. The van der Waals surface area contributed by atoms with Crippen molar-refractivity contribution >= 4 is 6.16 Å². The van der Waals surface area contributed by atoms with Gasteiger partial charge in [-0.15, -0.1) is 0 Å². The van der Waals surface area contributed by atoms with Gasteiger partial charge in [-0.05, 0) is 48.9 Å². The van der Waals surface area contributed by atoms with Gasteiger partial charge in [0, 0.05) is 0 Å². The molecule has 0 aromatic heterocycles. The van der Waals surface area contributed by atoms with E-state index in [-0.39, 0.29) is 24.6 Å². The molecule has 0 saturated carbocycles. The van der Waals surface area contributed by atoms with E-state index in [1.54, 1.807) is 6.92 Å². The van der Waals surface area contributed by atoms with Crippen LogP contribution in [-0.2, 0) is 14.9 Å². The summed E-state index contributed by atoms with van der Waals surface area (Å²) in [6, 6.07) is 11.6. The normalized spacial score (nSPS) is 11.3. The van der Waals surface area contributed by atoms with Gasteiger partial charge in [0.2, 0.25) is 6.79 Å². The summed E-state index contributed by atoms with van der Waals surface area (Å²) in [4.78, 5) is 11.5. The summed E-state index contributed by atoms with van der Waals surface area (Å²) in [6.45, 7) is 10.2. The molecule has 0 atom stereocenters. The monoisotopic (exact) mass is 428 g/mol. The van der Waals surface area contributed by atoms with Gasteiger partial charge < -0.3 is 19.3 Å². The molecule has 0 aliphatic rings. The van der Waals surface area contributed by atoms with Crippen LogP contribution in [0.3, 0.4) is 0 Å². The van der Waals surface area contributed by atoms with Crippen LogP contribution in [0.5, 0.6) is 11.5 Å². The molecule has 0 radical (unpaired) electrons. The Balaban J connectivity index is 2.35. The maximum atomic E-state index is 11.5. The van der Waals surface area contributed by atoms with Crippen LogP contribution >= 0.6 is 0 Å². The number of aromatic hydroxyl groups is 1. The minimum Gasteiger partial charge on any atom is -0.507 e. The lowest BCUT2D eigenvalue weighted by molar-refractivity contribution is 0.00698. The van der Waals surface area contributed by atoms with E-state index in [1.807, 2.05) is 43.3 Å². The zero-order valence-electron chi connectivity index (χ0n) is 19.5. The molecule has 0 unspecified atom stereocenters. The van der Waals surface area contributed by atoms with Gasteiger partial charge in [0.1, 0.15) is 11.5 Å². The molecule has 2 aromatic carbocycles. The Morgan fingerprint density at radius 2 is 1.81 bits per heavy atom. The van der Waals surface area contributed by atoms with Crippen LogP contribution in [0.1, 0.15) is 70.9 Å². The topological polar surface area (TPSA) is 65.0 Å². The van der Waals surface area contributed by atoms with Crippen molar-refractivity contribution in [1.82, 2.24) is 0 Å². The molecule has 31 heavy (non-hydrogen) atoms. The highest BCUT2D eigenvalue weighted by molar-refractivity contribution is 5.78. The summed E-state index contributed by atoms with van der Waals surface area (Å²) < 4.78 is 15.6. The number of hydrogen-bond donors (Lipinski definition) is 1. The van der Waals surface area contributed by atoms with E-state index < -0.39 is 6.16 Å². The first kappa shape index (κ1) is 24.6. The number of unbranched alkanes of at least 4 members (excludes halogenated alkanes) is 3. The number of hydrogen-bond acceptors (Lipinski definition) is 5. The molecule has 0 amide bonds. The first-order chi connectivity index (χ1) is 14.8. The lowest BCUT2D eigenvalue weighted by Crippen LogP contribution is -2.18. The standard InChI is InChI=1S/C26H36O5/c1-6-8-9-10-14-26(4,5)21-16-22(27)24(20-13-11-12-19(3)15-20)23(17-21)30-18-31-25(28)29-7-2/h11-13,15-17,27H,6-10,14,18H2,1-5H3. The predicted molar refractivity (Wildman–Crippen MR) is 124 cm³/mol. The second-order valence-corrected chi connectivity index (χ2v) is 8.52. The summed E-state index contributed by atoms with van der Waals surface area (Å²) in [5, 5.41) is 11.0. The summed E-state index contributed by atoms with van der Waals surface area (Å²) in [7, 11) is 0. The van der Waals surface area contributed by atoms with E-state index in [0.29, 0.717) is 11.3 Å². The molecular weight excluding hydrogens is 392 g/mol. The molecular formula is C26H36O5. The van der Waals surface area contributed by atoms with Crippen LogP contribution in [0.4, 0.5) is 4.79 Å². The van der Waals surface area contributed by atoms with Crippen molar-refractivity contribution in [3.8, 4) is 22.6 Å². The number of carbonyl (C=O) groups excluding carboxylic acids is 1. The second-order valence-electron chi connectivity index (χ2n) is 8.52. The quantitative estimate of drug-likeness (QED) is 0.234. The number of benzene rings is 2. The van der Waals surface area contributed by atoms with E-state index in [2.05, 4.69) is 20.8 Å². The Bertz CT molecular complexity index is 857. The van der Waals surface area contributed by atoms with Crippen molar-refractivity contribution in [2.75, 3.05) is 13.4 Å². The molecule has 0 heterocycles. The smallest absolute Gasteiger partial charge is 0.507 e. The van der Waals surface area contributed by atoms with Crippen LogP contribution in [0.15, 0.2) is 36.4 Å². The molecule has 5 nitrogen and oxygen atoms in total. The fraction of sp³-hybridized carbons (Fsp3) is 0.500. The number of carbonyl (C=O) groups is 1. The highest BCUT2D eigenvalue weighted by Gasteiger charge is 2.24. The minimum absolute atomic E-state index is 0.129. The molecule has 0 bridgehead atoms. The lowest BCUT2D eigenvalue weighted by Gasteiger charge is -2.27. The van der Waals surface area contributed by atoms with Crippen LogP contribution in [0.25, 0.3) is 11.1 Å². The second kappa shape index (κ2) is 11.6. The molecule has 170 valence electrons. The fourth-order valence-corrected chi connectivity index (χ4v) is 3.63. The Morgan fingerprint density at radius 3 is 2.48 bits per heavy atom. The van der Waals surface area contributed by atoms with Crippen molar-refractivity contribution in [1.29, 1.82) is 0 Å². The molecule has 2 aromatic rings. The van der Waals surface area contributed by atoms with Gasteiger partial charge in [0.25, 0.3) is 0 Å². The Kier molecular flexibility index (Phi) is 9.22. The van der Waals surface area contributed by atoms with E-state index in [1.165, 1.54) is 19.3 Å². The van der Waals surface area contributed by atoms with Crippen LogP contribution < -0.4 is 4.74 Å². The van der Waals surface area contributed by atoms with E-state index in [9.17, 15) is 9.90 Å². The molecule has 5 heteroatoms. The first-order valence-corrected chi connectivity index (χ1v) is 11.1. The number of phenols is 1. The highest BCUT2D eigenvalue weighted by Crippen LogP contribution is 2.43. The molecule has 0 spiro atoms. The Labute approximate surface area is 186 Å². The van der Waals surface area contributed by atoms with Gasteiger partial charge in [0.05, 0.1) is 12.2 Å². The van der Waals surface area contributed by atoms with Gasteiger partial charge >= 0.3 is 6.16 Å². The molecule has 0 saturated heterocycles. The third-order valence-electron chi connectivity index (χ3n) is 5.48. The zero-order valence-corrected chi connectivity index (χ0v) is 19.5. The summed E-state index contributed by atoms with van der Waals surface area (Å²) in [5.41, 5.74) is 3.36. The van der Waals surface area contributed by atoms with Gasteiger partial charge in [-0.3, -0.25) is 0 Å². The maximum Gasteiger partial charge on any atom is 0.511 e. The highest BCUT2D eigenvalue weighted by atomic mass is 16.8. The van der Waals surface area contributed by atoms with Gasteiger partial charge in [-0.25, -0.2) is 4.79 Å². The van der Waals surface area contributed by atoms with Gasteiger partial charge in [0.15, 0.2) is 0 Å². The lowest BCUT2D eigenvalue weighted by atomic mass is 9.79.